The molecule has 3 saturated heterocycles. The maximum atomic E-state index is 14.4. The highest BCUT2D eigenvalue weighted by Crippen LogP contribution is 2.51. The minimum absolute atomic E-state index is 0.0890. The molecule has 398 valence electrons. The fraction of sp³-hybridized carbons (Fsp3) is 0.673. The van der Waals surface area contributed by atoms with Crippen LogP contribution in [0.25, 0.3) is 4.85 Å². The molecular formula is C55H76N6O6S6. The van der Waals surface area contributed by atoms with Gasteiger partial charge in [0.15, 0.2) is 0 Å². The predicted octanol–water partition coefficient (Wildman–Crippen LogP) is 11.4. The molecule has 6 rings (SSSR count). The van der Waals surface area contributed by atoms with E-state index in [1.165, 1.54) is 0 Å². The summed E-state index contributed by atoms with van der Waals surface area (Å²) in [6.07, 6.45) is 10.4. The number of nitrogens with zero attached hydrogens (tertiary/aromatic N) is 6. The maximum Gasteiger partial charge on any atom is 0.349 e. The zero-order chi connectivity index (χ0) is 52.9. The van der Waals surface area contributed by atoms with Gasteiger partial charge in [-0.25, -0.2) is 14.4 Å². The van der Waals surface area contributed by atoms with Crippen molar-refractivity contribution in [2.75, 3.05) is 93.6 Å². The third-order valence-electron chi connectivity index (χ3n) is 14.2. The van der Waals surface area contributed by atoms with Crippen molar-refractivity contribution in [3.63, 3.8) is 0 Å². The summed E-state index contributed by atoms with van der Waals surface area (Å²) in [5, 5.41) is 21.5. The number of rotatable bonds is 21. The molecule has 0 spiro atoms. The summed E-state index contributed by atoms with van der Waals surface area (Å²) in [4.78, 5) is 56.9. The van der Waals surface area contributed by atoms with Crippen LogP contribution in [-0.4, -0.2) is 126 Å². The Kier molecular flexibility index (Phi) is 22.0. The molecule has 0 atom stereocenters. The number of nitriles is 2. The Hall–Kier alpha value is -3.18. The first-order valence-corrected chi connectivity index (χ1v) is 30.8. The van der Waals surface area contributed by atoms with Crippen molar-refractivity contribution < 1.29 is 28.6 Å². The fourth-order valence-corrected chi connectivity index (χ4v) is 14.8. The van der Waals surface area contributed by atoms with E-state index in [0.29, 0.717) is 70.5 Å². The van der Waals surface area contributed by atoms with Crippen LogP contribution in [0.15, 0.2) is 65.4 Å². The monoisotopic (exact) mass is 1110 g/mol. The molecule has 6 aliphatic rings. The molecule has 12 nitrogen and oxygen atoms in total. The summed E-state index contributed by atoms with van der Waals surface area (Å²) in [7, 11) is 0. The molecule has 0 aromatic rings. The van der Waals surface area contributed by atoms with Crippen molar-refractivity contribution in [1.82, 2.24) is 14.7 Å². The minimum Gasteiger partial charge on any atom is -0.470 e. The van der Waals surface area contributed by atoms with Gasteiger partial charge in [0.05, 0.1) is 19.1 Å². The average molecular weight is 1110 g/mol. The van der Waals surface area contributed by atoms with Crippen molar-refractivity contribution in [2.45, 2.75) is 119 Å². The average Bonchev–Trinajstić information content (AvgIpc) is 4.19. The Balaban J connectivity index is 1.35. The third kappa shape index (κ3) is 15.5. The van der Waals surface area contributed by atoms with Crippen molar-refractivity contribution in [2.24, 2.45) is 22.2 Å². The van der Waals surface area contributed by atoms with Gasteiger partial charge < -0.3 is 28.9 Å². The van der Waals surface area contributed by atoms with Crippen molar-refractivity contribution in [1.29, 1.82) is 10.5 Å². The molecule has 3 heterocycles. The van der Waals surface area contributed by atoms with Crippen LogP contribution >= 0.6 is 73.2 Å². The zero-order valence-electron chi connectivity index (χ0n) is 43.9. The van der Waals surface area contributed by atoms with Gasteiger partial charge in [-0.3, -0.25) is 4.79 Å². The smallest absolute Gasteiger partial charge is 0.349 e. The van der Waals surface area contributed by atoms with Gasteiger partial charge in [0.1, 0.15) is 36.5 Å². The number of carbonyl (C=O) groups excluding carboxylic acids is 3. The molecule has 3 fully saturated rings. The van der Waals surface area contributed by atoms with E-state index in [2.05, 4.69) is 111 Å². The van der Waals surface area contributed by atoms with Gasteiger partial charge in [-0.1, -0.05) is 41.5 Å². The number of likely N-dealkylation sites (tertiary alicyclic amines) is 3. The lowest BCUT2D eigenvalue weighted by Gasteiger charge is -2.39. The van der Waals surface area contributed by atoms with E-state index < -0.39 is 23.8 Å². The lowest BCUT2D eigenvalue weighted by atomic mass is 9.75. The fourth-order valence-electron chi connectivity index (χ4n) is 10.9. The van der Waals surface area contributed by atoms with Crippen molar-refractivity contribution in [3.05, 3.63) is 76.8 Å². The number of carbonyl (C=O) groups is 3. The van der Waals surface area contributed by atoms with Gasteiger partial charge in [-0.15, -0.1) is 35.3 Å². The Labute approximate surface area is 465 Å². The van der Waals surface area contributed by atoms with Gasteiger partial charge in [-0.05, 0) is 127 Å². The first-order valence-electron chi connectivity index (χ1n) is 25.9. The van der Waals surface area contributed by atoms with Crippen LogP contribution in [-0.2, 0) is 28.6 Å². The molecule has 3 aliphatic heterocycles. The molecule has 18 heteroatoms. The molecule has 3 aliphatic carbocycles. The second kappa shape index (κ2) is 27.2. The number of thioether (sulfide) groups is 3. The molecule has 0 aromatic heterocycles. The summed E-state index contributed by atoms with van der Waals surface area (Å²) >= 11 is 18.3. The standard InChI is InChI=1S/C55H76N6O6S6/c1-53(2)26-38(47(71-23-20-68)43(29-53)59-14-8-9-15-59)41(32-56)50(62)65-34-37(35-66-51(63)42(33-57)39-27-54(3,4)30-44(48(39)72-24-21-69)60-16-10-11-17-60)36-67-52(64)46(58-7)40-28-55(5,6)31-45(49(40)73-25-22-70)61-18-12-13-19-61/h37,68-70H,8-31,34-36H2,1-6H3/b41-38+,42-39+,46-40-. The summed E-state index contributed by atoms with van der Waals surface area (Å²) in [6, 6.07) is 4.41. The molecule has 0 bridgehead atoms. The van der Waals surface area contributed by atoms with Gasteiger partial charge in [0.25, 0.3) is 5.70 Å². The van der Waals surface area contributed by atoms with Gasteiger partial charge >= 0.3 is 17.9 Å². The second-order valence-electron chi connectivity index (χ2n) is 22.2. The highest BCUT2D eigenvalue weighted by Gasteiger charge is 2.40. The van der Waals surface area contributed by atoms with Gasteiger partial charge in [0, 0.05) is 88.3 Å². The third-order valence-corrected chi connectivity index (χ3v) is 19.3. The minimum atomic E-state index is -0.923. The summed E-state index contributed by atoms with van der Waals surface area (Å²) < 4.78 is 18.1. The van der Waals surface area contributed by atoms with E-state index in [9.17, 15) is 24.9 Å². The number of ether oxygens (including phenoxy) is 3. The highest BCUT2D eigenvalue weighted by atomic mass is 32.2. The van der Waals surface area contributed by atoms with E-state index in [1.54, 1.807) is 35.3 Å². The van der Waals surface area contributed by atoms with Crippen LogP contribution in [0.1, 0.15) is 119 Å². The lowest BCUT2D eigenvalue weighted by Crippen LogP contribution is -2.31. The number of hydrogen-bond acceptors (Lipinski definition) is 17. The quantitative estimate of drug-likeness (QED) is 0.0251. The van der Waals surface area contributed by atoms with Crippen molar-refractivity contribution >= 4 is 91.1 Å². The van der Waals surface area contributed by atoms with Crippen LogP contribution in [0.3, 0.4) is 0 Å². The van der Waals surface area contributed by atoms with E-state index in [1.807, 2.05) is 0 Å². The summed E-state index contributed by atoms with van der Waals surface area (Å²) in [6.45, 7) is 25.6. The van der Waals surface area contributed by atoms with Crippen LogP contribution < -0.4 is 0 Å². The Morgan fingerprint density at radius 2 is 0.849 bits per heavy atom. The molecular weight excluding hydrogens is 1030 g/mol. The molecule has 0 saturated carbocycles. The number of hydrogen-bond donors (Lipinski definition) is 3. The van der Waals surface area contributed by atoms with Gasteiger partial charge in [0.2, 0.25) is 0 Å². The largest absolute Gasteiger partial charge is 0.470 e. The zero-order valence-corrected chi connectivity index (χ0v) is 49.0. The molecule has 0 aromatic carbocycles. The molecule has 0 amide bonds. The normalized spacial score (nSPS) is 22.8. The lowest BCUT2D eigenvalue weighted by molar-refractivity contribution is -0.148. The molecule has 0 unspecified atom stereocenters. The predicted molar refractivity (Wildman–Crippen MR) is 307 cm³/mol. The Bertz CT molecular complexity index is 2140. The first-order chi connectivity index (χ1) is 34.9. The van der Waals surface area contributed by atoms with Crippen molar-refractivity contribution in [3.8, 4) is 12.1 Å². The van der Waals surface area contributed by atoms with E-state index >= 15 is 0 Å². The van der Waals surface area contributed by atoms with E-state index in [4.69, 9.17) is 20.8 Å². The number of thiol groups is 3. The summed E-state index contributed by atoms with van der Waals surface area (Å²) in [5.41, 5.74) is 4.41. The molecule has 73 heavy (non-hydrogen) atoms. The van der Waals surface area contributed by atoms with E-state index in [-0.39, 0.29) is 52.9 Å². The number of esters is 3. The Morgan fingerprint density at radius 3 is 1.15 bits per heavy atom. The maximum absolute atomic E-state index is 14.4. The first kappa shape index (κ1) is 59.1. The topological polar surface area (TPSA) is 141 Å². The molecule has 0 N–H and O–H groups in total. The highest BCUT2D eigenvalue weighted by molar-refractivity contribution is 8.04. The van der Waals surface area contributed by atoms with Crippen LogP contribution in [0.4, 0.5) is 0 Å². The SMILES string of the molecule is [C-]#[N+]/C(C(=O)OCC(COC(=O)/C(C#N)=C1\CC(C)(C)CC(N2CCCC2)=C1SCCS)COC(=O)/C(C#N)=C1\CC(C)(C)CC(N2CCCC2)=C1SCCS)=C1/CC(C)(C)CC(N2CCCC2)=C1SCCS. The second-order valence-corrected chi connectivity index (χ2v) is 26.9. The van der Waals surface area contributed by atoms with Crippen LogP contribution in [0, 0.1) is 51.4 Å². The van der Waals surface area contributed by atoms with Crippen LogP contribution in [0.2, 0.25) is 0 Å². The molecule has 0 radical (unpaired) electrons. The number of allylic oxidation sites excluding steroid dienone is 6. The van der Waals surface area contributed by atoms with Gasteiger partial charge in [-0.2, -0.15) is 48.4 Å². The van der Waals surface area contributed by atoms with E-state index in [0.717, 1.165) is 129 Å². The van der Waals surface area contributed by atoms with Crippen LogP contribution in [0.5, 0.6) is 0 Å². The Morgan fingerprint density at radius 1 is 0.548 bits per heavy atom. The summed E-state index contributed by atoms with van der Waals surface area (Å²) in [5.74, 6) is 0.557.